The average molecular weight is 408 g/mol. The second-order valence-electron chi connectivity index (χ2n) is 6.36. The van der Waals surface area contributed by atoms with E-state index in [-0.39, 0.29) is 23.6 Å². The van der Waals surface area contributed by atoms with Gasteiger partial charge in [0.2, 0.25) is 0 Å². The number of phenols is 1. The van der Waals surface area contributed by atoms with Gasteiger partial charge in [-0.1, -0.05) is 12.1 Å². The van der Waals surface area contributed by atoms with Gasteiger partial charge in [-0.15, -0.1) is 11.3 Å². The molecule has 2 atom stereocenters. The van der Waals surface area contributed by atoms with E-state index >= 15 is 0 Å². The van der Waals surface area contributed by atoms with Crippen molar-refractivity contribution in [3.05, 3.63) is 58.4 Å². The molecule has 2 aromatic heterocycles. The molecular formula is C18H15F3N4O2S. The van der Waals surface area contributed by atoms with E-state index in [2.05, 4.69) is 15.7 Å². The van der Waals surface area contributed by atoms with E-state index < -0.39 is 24.2 Å². The number of nitrogens with zero attached hydrogens (tertiary/aromatic N) is 2. The van der Waals surface area contributed by atoms with Crippen LogP contribution in [0.5, 0.6) is 5.75 Å². The minimum atomic E-state index is -4.50. The second kappa shape index (κ2) is 6.86. The lowest BCUT2D eigenvalue weighted by Gasteiger charge is -2.33. The van der Waals surface area contributed by atoms with E-state index in [1.807, 2.05) is 0 Å². The summed E-state index contributed by atoms with van der Waals surface area (Å²) in [5.74, 6) is -0.639. The molecule has 0 bridgehead atoms. The second-order valence-corrected chi connectivity index (χ2v) is 7.34. The van der Waals surface area contributed by atoms with Crippen LogP contribution >= 0.6 is 11.3 Å². The maximum atomic E-state index is 13.6. The average Bonchev–Trinajstić information content (AvgIpc) is 3.29. The number of hydrogen-bond acceptors (Lipinski definition) is 5. The van der Waals surface area contributed by atoms with Crippen molar-refractivity contribution in [1.82, 2.24) is 9.78 Å². The summed E-state index contributed by atoms with van der Waals surface area (Å²) in [5, 5.41) is 20.7. The number of benzene rings is 1. The number of thiophene rings is 1. The third-order valence-electron chi connectivity index (χ3n) is 4.47. The topological polar surface area (TPSA) is 79.2 Å². The molecule has 146 valence electrons. The molecule has 0 aliphatic carbocycles. The van der Waals surface area contributed by atoms with Crippen LogP contribution in [0.1, 0.15) is 33.7 Å². The Labute approximate surface area is 161 Å². The number of fused-ring (bicyclic) bond motifs is 1. The minimum absolute atomic E-state index is 0.00107. The number of carbonyl (C=O) groups excluding carboxylic acids is 1. The van der Waals surface area contributed by atoms with Crippen LogP contribution in [0.25, 0.3) is 0 Å². The van der Waals surface area contributed by atoms with E-state index in [1.54, 1.807) is 29.6 Å². The third kappa shape index (κ3) is 3.42. The molecule has 1 aliphatic heterocycles. The fourth-order valence-corrected chi connectivity index (χ4v) is 3.98. The van der Waals surface area contributed by atoms with E-state index in [4.69, 9.17) is 0 Å². The standard InChI is InChI=1S/C18H15F3N4O2S/c19-18(20,21)15-8-13(14-5-2-6-28-14)24-16-12(9-22-25(15)16)17(27)23-10-3-1-4-11(26)7-10/h1-7,9,13,15,24,26H,8H2,(H,23,27)/t13-,15-/m0/s1. The molecule has 10 heteroatoms. The number of aromatic hydroxyl groups is 1. The lowest BCUT2D eigenvalue weighted by Crippen LogP contribution is -2.36. The highest BCUT2D eigenvalue weighted by molar-refractivity contribution is 7.10. The van der Waals surface area contributed by atoms with Crippen LogP contribution in [0.15, 0.2) is 48.0 Å². The van der Waals surface area contributed by atoms with Crippen LogP contribution in [-0.2, 0) is 0 Å². The van der Waals surface area contributed by atoms with Crippen molar-refractivity contribution in [2.24, 2.45) is 0 Å². The van der Waals surface area contributed by atoms with Crippen molar-refractivity contribution in [1.29, 1.82) is 0 Å². The molecule has 0 saturated carbocycles. The third-order valence-corrected chi connectivity index (χ3v) is 5.46. The van der Waals surface area contributed by atoms with Gasteiger partial charge >= 0.3 is 6.18 Å². The summed E-state index contributed by atoms with van der Waals surface area (Å²) in [4.78, 5) is 13.4. The molecule has 0 spiro atoms. The van der Waals surface area contributed by atoms with E-state index in [9.17, 15) is 23.1 Å². The first kappa shape index (κ1) is 18.4. The number of carbonyl (C=O) groups is 1. The van der Waals surface area contributed by atoms with Crippen molar-refractivity contribution in [2.75, 3.05) is 10.6 Å². The van der Waals surface area contributed by atoms with E-state index in [0.717, 1.165) is 15.8 Å². The molecule has 3 N–H and O–H groups in total. The van der Waals surface area contributed by atoms with E-state index in [0.29, 0.717) is 5.69 Å². The van der Waals surface area contributed by atoms with Gasteiger partial charge in [-0.25, -0.2) is 4.68 Å². The Bertz CT molecular complexity index is 1000. The summed E-state index contributed by atoms with van der Waals surface area (Å²) < 4.78 is 41.7. The molecule has 1 aromatic carbocycles. The SMILES string of the molecule is O=C(Nc1cccc(O)c1)c1cnn2c1N[C@H](c1cccs1)C[C@H]2C(F)(F)F. The van der Waals surface area contributed by atoms with Gasteiger partial charge in [0.05, 0.1) is 12.2 Å². The Morgan fingerprint density at radius 1 is 1.32 bits per heavy atom. The molecule has 3 heterocycles. The van der Waals surface area contributed by atoms with Crippen LogP contribution in [0, 0.1) is 0 Å². The van der Waals surface area contributed by atoms with Crippen molar-refractivity contribution in [2.45, 2.75) is 24.7 Å². The maximum absolute atomic E-state index is 13.6. The molecule has 0 unspecified atom stereocenters. The number of alkyl halides is 3. The smallest absolute Gasteiger partial charge is 0.410 e. The summed E-state index contributed by atoms with van der Waals surface area (Å²) in [7, 11) is 0. The van der Waals surface area contributed by atoms with Crippen LogP contribution in [0.2, 0.25) is 0 Å². The monoisotopic (exact) mass is 408 g/mol. The lowest BCUT2D eigenvalue weighted by atomic mass is 10.0. The quantitative estimate of drug-likeness (QED) is 0.594. The van der Waals surface area contributed by atoms with Crippen LogP contribution < -0.4 is 10.6 Å². The largest absolute Gasteiger partial charge is 0.508 e. The Hall–Kier alpha value is -3.01. The van der Waals surface area contributed by atoms with Crippen LogP contribution in [0.3, 0.4) is 0 Å². The maximum Gasteiger partial charge on any atom is 0.410 e. The predicted molar refractivity (Wildman–Crippen MR) is 98.7 cm³/mol. The number of anilines is 2. The molecule has 1 amide bonds. The lowest BCUT2D eigenvalue weighted by molar-refractivity contribution is -0.173. The number of rotatable bonds is 3. The highest BCUT2D eigenvalue weighted by atomic mass is 32.1. The molecule has 28 heavy (non-hydrogen) atoms. The first-order valence-electron chi connectivity index (χ1n) is 8.37. The molecule has 3 aromatic rings. The normalized spacial score (nSPS) is 19.0. The number of hydrogen-bond donors (Lipinski definition) is 3. The fraction of sp³-hybridized carbons (Fsp3) is 0.222. The number of amides is 1. The van der Waals surface area contributed by atoms with Gasteiger partial charge in [-0.05, 0) is 23.6 Å². The predicted octanol–water partition coefficient (Wildman–Crippen LogP) is 4.56. The van der Waals surface area contributed by atoms with Crippen molar-refractivity contribution >= 4 is 28.7 Å². The Morgan fingerprint density at radius 2 is 2.14 bits per heavy atom. The first-order valence-corrected chi connectivity index (χ1v) is 9.25. The van der Waals surface area contributed by atoms with Gasteiger partial charge in [0.1, 0.15) is 17.1 Å². The van der Waals surface area contributed by atoms with Gasteiger partial charge in [0.15, 0.2) is 6.04 Å². The zero-order valence-corrected chi connectivity index (χ0v) is 15.1. The summed E-state index contributed by atoms with van der Waals surface area (Å²) >= 11 is 1.35. The fourth-order valence-electron chi connectivity index (χ4n) is 3.19. The van der Waals surface area contributed by atoms with Crippen LogP contribution in [0.4, 0.5) is 24.7 Å². The van der Waals surface area contributed by atoms with Gasteiger partial charge < -0.3 is 15.7 Å². The molecule has 0 radical (unpaired) electrons. The van der Waals surface area contributed by atoms with Gasteiger partial charge in [0.25, 0.3) is 5.91 Å². The molecule has 0 saturated heterocycles. The Morgan fingerprint density at radius 3 is 2.82 bits per heavy atom. The Kier molecular flexibility index (Phi) is 4.50. The zero-order chi connectivity index (χ0) is 19.9. The summed E-state index contributed by atoms with van der Waals surface area (Å²) in [5.41, 5.74) is 0.321. The van der Waals surface area contributed by atoms with Crippen molar-refractivity contribution in [3.63, 3.8) is 0 Å². The minimum Gasteiger partial charge on any atom is -0.508 e. The highest BCUT2D eigenvalue weighted by Crippen LogP contribution is 2.45. The van der Waals surface area contributed by atoms with Crippen LogP contribution in [-0.4, -0.2) is 27.0 Å². The van der Waals surface area contributed by atoms with Gasteiger partial charge in [-0.2, -0.15) is 18.3 Å². The first-order chi connectivity index (χ1) is 13.3. The molecule has 4 rings (SSSR count). The number of phenolic OH excluding ortho intramolecular Hbond substituents is 1. The van der Waals surface area contributed by atoms with Gasteiger partial charge in [-0.3, -0.25) is 4.79 Å². The number of nitrogens with one attached hydrogen (secondary N) is 2. The molecular weight excluding hydrogens is 393 g/mol. The van der Waals surface area contributed by atoms with Crippen molar-refractivity contribution < 1.29 is 23.1 Å². The molecule has 1 aliphatic rings. The summed E-state index contributed by atoms with van der Waals surface area (Å²) in [6, 6.07) is 7.01. The Balaban J connectivity index is 1.68. The highest BCUT2D eigenvalue weighted by Gasteiger charge is 2.47. The summed E-state index contributed by atoms with van der Waals surface area (Å²) in [6.45, 7) is 0. The van der Waals surface area contributed by atoms with Crippen molar-refractivity contribution in [3.8, 4) is 5.75 Å². The zero-order valence-electron chi connectivity index (χ0n) is 14.3. The molecule has 6 nitrogen and oxygen atoms in total. The van der Waals surface area contributed by atoms with E-state index in [1.165, 1.54) is 23.5 Å². The summed E-state index contributed by atoms with van der Waals surface area (Å²) in [6.07, 6.45) is -3.60. The number of halogens is 3. The number of aromatic nitrogens is 2. The van der Waals surface area contributed by atoms with Gasteiger partial charge in [0, 0.05) is 23.1 Å². The molecule has 0 fully saturated rings.